The van der Waals surface area contributed by atoms with Crippen molar-refractivity contribution in [2.45, 2.75) is 31.9 Å². The molecule has 5 heteroatoms. The van der Waals surface area contributed by atoms with Gasteiger partial charge < -0.3 is 9.64 Å². The molecule has 3 rings (SSSR count). The molecular weight excluding hydrogens is 274 g/mol. The summed E-state index contributed by atoms with van der Waals surface area (Å²) in [5.74, 6) is 0.809. The molecule has 1 N–H and O–H groups in total. The summed E-state index contributed by atoms with van der Waals surface area (Å²) in [6.45, 7) is 3.64. The molecule has 4 nitrogen and oxygen atoms in total. The van der Waals surface area contributed by atoms with E-state index in [0.717, 1.165) is 35.9 Å². The minimum absolute atomic E-state index is 0.172. The smallest absolute Gasteiger partial charge is 0.212 e. The molecule has 0 amide bonds. The number of hydrogen-bond donors (Lipinski definition) is 1. The third-order valence-electron chi connectivity index (χ3n) is 3.80. The summed E-state index contributed by atoms with van der Waals surface area (Å²) in [4.78, 5) is 2.51. The lowest BCUT2D eigenvalue weighted by Crippen LogP contribution is -2.21. The van der Waals surface area contributed by atoms with Crippen molar-refractivity contribution < 1.29 is 4.74 Å². The minimum Gasteiger partial charge on any atom is -0.450 e. The van der Waals surface area contributed by atoms with Crippen molar-refractivity contribution in [2.75, 3.05) is 19.6 Å². The molecule has 2 heterocycles. The van der Waals surface area contributed by atoms with Crippen molar-refractivity contribution in [1.82, 2.24) is 10.3 Å². The Kier molecular flexibility index (Phi) is 4.43. The fraction of sp³-hybridized carbons (Fsp3) is 0.533. The number of nitrogens with one attached hydrogen (secondary N) is 1. The molecule has 1 unspecified atom stereocenters. The van der Waals surface area contributed by atoms with E-state index in [1.165, 1.54) is 25.9 Å². The van der Waals surface area contributed by atoms with Crippen LogP contribution in [0.2, 0.25) is 5.02 Å². The Labute approximate surface area is 124 Å². The number of likely N-dealkylation sites (tertiary alicyclic amines) is 1. The first-order chi connectivity index (χ1) is 9.81. The number of hydrazone groups is 1. The lowest BCUT2D eigenvalue weighted by Gasteiger charge is -2.14. The molecule has 20 heavy (non-hydrogen) atoms. The first kappa shape index (κ1) is 13.7. The van der Waals surface area contributed by atoms with Crippen LogP contribution in [-0.2, 0) is 4.74 Å². The van der Waals surface area contributed by atoms with Crippen LogP contribution >= 0.6 is 11.6 Å². The molecule has 0 spiro atoms. The molecule has 1 saturated heterocycles. The van der Waals surface area contributed by atoms with Crippen LogP contribution in [-0.4, -0.2) is 30.4 Å². The topological polar surface area (TPSA) is 36.9 Å². The highest BCUT2D eigenvalue weighted by molar-refractivity contribution is 6.30. The Morgan fingerprint density at radius 2 is 2.00 bits per heavy atom. The van der Waals surface area contributed by atoms with Gasteiger partial charge in [-0.1, -0.05) is 23.7 Å². The summed E-state index contributed by atoms with van der Waals surface area (Å²) in [6.07, 6.45) is 4.52. The Balaban J connectivity index is 1.43. The largest absolute Gasteiger partial charge is 0.450 e. The third-order valence-corrected chi connectivity index (χ3v) is 4.05. The Hall–Kier alpha value is -1.26. The summed E-state index contributed by atoms with van der Waals surface area (Å²) in [7, 11) is 0. The van der Waals surface area contributed by atoms with Crippen LogP contribution in [0.3, 0.4) is 0 Å². The van der Waals surface area contributed by atoms with Gasteiger partial charge in [-0.25, -0.2) is 0 Å². The maximum absolute atomic E-state index is 5.88. The van der Waals surface area contributed by atoms with Crippen LogP contribution in [0.4, 0.5) is 0 Å². The molecule has 2 aliphatic rings. The lowest BCUT2D eigenvalue weighted by atomic mass is 10.2. The van der Waals surface area contributed by atoms with Gasteiger partial charge >= 0.3 is 0 Å². The van der Waals surface area contributed by atoms with E-state index in [9.17, 15) is 0 Å². The quantitative estimate of drug-likeness (QED) is 0.906. The van der Waals surface area contributed by atoms with Gasteiger partial charge in [0.15, 0.2) is 0 Å². The average molecular weight is 294 g/mol. The summed E-state index contributed by atoms with van der Waals surface area (Å²) in [5.41, 5.74) is 4.08. The molecule has 0 radical (unpaired) electrons. The van der Waals surface area contributed by atoms with Crippen LogP contribution in [0.25, 0.3) is 0 Å². The molecule has 2 aliphatic heterocycles. The molecule has 0 aliphatic carbocycles. The second-order valence-electron chi connectivity index (χ2n) is 5.34. The van der Waals surface area contributed by atoms with Gasteiger partial charge in [0.25, 0.3) is 0 Å². The molecule has 1 aromatic carbocycles. The summed E-state index contributed by atoms with van der Waals surface area (Å²) >= 11 is 5.88. The molecule has 1 aromatic rings. The predicted molar refractivity (Wildman–Crippen MR) is 80.8 cm³/mol. The normalized spacial score (nSPS) is 22.4. The number of ether oxygens (including phenoxy) is 1. The lowest BCUT2D eigenvalue weighted by molar-refractivity contribution is 0.185. The molecule has 0 bridgehead atoms. The van der Waals surface area contributed by atoms with Gasteiger partial charge in [-0.05, 0) is 51.0 Å². The number of hydrogen-bond acceptors (Lipinski definition) is 4. The van der Waals surface area contributed by atoms with E-state index in [1.807, 2.05) is 24.3 Å². The number of nitrogens with zero attached hydrogens (tertiary/aromatic N) is 2. The van der Waals surface area contributed by atoms with Gasteiger partial charge in [-0.3, -0.25) is 5.43 Å². The van der Waals surface area contributed by atoms with Gasteiger partial charge in [0, 0.05) is 17.0 Å². The molecular formula is C15H20ClN3O. The SMILES string of the molecule is Clc1ccc(C2NN=C(CCCN3CCCC3)O2)cc1. The summed E-state index contributed by atoms with van der Waals surface area (Å²) in [5, 5.41) is 5.01. The fourth-order valence-corrected chi connectivity index (χ4v) is 2.80. The van der Waals surface area contributed by atoms with E-state index in [0.29, 0.717) is 0 Å². The zero-order valence-corrected chi connectivity index (χ0v) is 12.3. The Morgan fingerprint density at radius 1 is 1.25 bits per heavy atom. The van der Waals surface area contributed by atoms with Crippen molar-refractivity contribution >= 4 is 17.5 Å². The second kappa shape index (κ2) is 6.46. The first-order valence-corrected chi connectivity index (χ1v) is 7.65. The zero-order valence-electron chi connectivity index (χ0n) is 11.5. The summed E-state index contributed by atoms with van der Waals surface area (Å²) in [6, 6.07) is 7.66. The van der Waals surface area contributed by atoms with E-state index >= 15 is 0 Å². The average Bonchev–Trinajstić information content (AvgIpc) is 3.11. The van der Waals surface area contributed by atoms with Crippen molar-refractivity contribution in [3.63, 3.8) is 0 Å². The van der Waals surface area contributed by atoms with Gasteiger partial charge in [-0.2, -0.15) is 0 Å². The van der Waals surface area contributed by atoms with E-state index < -0.39 is 0 Å². The summed E-state index contributed by atoms with van der Waals surface area (Å²) < 4.78 is 5.83. The minimum atomic E-state index is -0.172. The van der Waals surface area contributed by atoms with E-state index in [2.05, 4.69) is 15.4 Å². The maximum Gasteiger partial charge on any atom is 0.212 e. The Bertz CT molecular complexity index is 469. The number of benzene rings is 1. The van der Waals surface area contributed by atoms with Crippen molar-refractivity contribution in [3.05, 3.63) is 34.9 Å². The first-order valence-electron chi connectivity index (χ1n) is 7.28. The highest BCUT2D eigenvalue weighted by atomic mass is 35.5. The molecule has 1 atom stereocenters. The maximum atomic E-state index is 5.88. The number of rotatable bonds is 5. The van der Waals surface area contributed by atoms with Crippen molar-refractivity contribution in [1.29, 1.82) is 0 Å². The van der Waals surface area contributed by atoms with Crippen molar-refractivity contribution in [2.24, 2.45) is 5.10 Å². The monoisotopic (exact) mass is 293 g/mol. The van der Waals surface area contributed by atoms with Crippen LogP contribution in [0.5, 0.6) is 0 Å². The van der Waals surface area contributed by atoms with E-state index in [1.54, 1.807) is 0 Å². The predicted octanol–water partition coefficient (Wildman–Crippen LogP) is 3.15. The van der Waals surface area contributed by atoms with E-state index in [4.69, 9.17) is 16.3 Å². The highest BCUT2D eigenvalue weighted by Crippen LogP contribution is 2.22. The number of halogens is 1. The van der Waals surface area contributed by atoms with Gasteiger partial charge in [0.2, 0.25) is 12.1 Å². The van der Waals surface area contributed by atoms with E-state index in [-0.39, 0.29) is 6.23 Å². The third kappa shape index (κ3) is 3.44. The van der Waals surface area contributed by atoms with Crippen LogP contribution in [0.15, 0.2) is 29.4 Å². The second-order valence-corrected chi connectivity index (χ2v) is 5.77. The zero-order chi connectivity index (χ0) is 13.8. The van der Waals surface area contributed by atoms with Gasteiger partial charge in [-0.15, -0.1) is 5.10 Å². The highest BCUT2D eigenvalue weighted by Gasteiger charge is 2.21. The molecule has 0 aromatic heterocycles. The van der Waals surface area contributed by atoms with Crippen LogP contribution in [0.1, 0.15) is 37.5 Å². The van der Waals surface area contributed by atoms with Crippen molar-refractivity contribution in [3.8, 4) is 0 Å². The van der Waals surface area contributed by atoms with Gasteiger partial charge in [0.05, 0.1) is 0 Å². The molecule has 0 saturated carbocycles. The van der Waals surface area contributed by atoms with Crippen LogP contribution < -0.4 is 5.43 Å². The Morgan fingerprint density at radius 3 is 2.75 bits per heavy atom. The molecule has 108 valence electrons. The standard InChI is InChI=1S/C15H20ClN3O/c16-13-7-5-12(6-8-13)15-18-17-14(20-15)4-3-11-19-9-1-2-10-19/h5-8,15,18H,1-4,9-11H2. The fourth-order valence-electron chi connectivity index (χ4n) is 2.67. The van der Waals surface area contributed by atoms with Gasteiger partial charge in [0.1, 0.15) is 0 Å². The van der Waals surface area contributed by atoms with Crippen LogP contribution in [0, 0.1) is 0 Å². The molecule has 1 fully saturated rings.